The summed E-state index contributed by atoms with van der Waals surface area (Å²) in [6, 6.07) is 9.09. The van der Waals surface area contributed by atoms with Crippen LogP contribution >= 0.6 is 47.8 Å². The first-order chi connectivity index (χ1) is 12.4. The van der Waals surface area contributed by atoms with Crippen molar-refractivity contribution >= 4 is 65.6 Å². The number of para-hydroxylation sites is 1. The van der Waals surface area contributed by atoms with Crippen LogP contribution in [0.5, 0.6) is 5.75 Å². The molecule has 0 saturated heterocycles. The maximum absolute atomic E-state index is 11.9. The molecule has 0 fully saturated rings. The van der Waals surface area contributed by atoms with Crippen molar-refractivity contribution in [2.45, 2.75) is 6.42 Å². The quantitative estimate of drug-likeness (QED) is 0.261. The molecule has 2 aromatic carbocycles. The van der Waals surface area contributed by atoms with E-state index < -0.39 is 0 Å². The Morgan fingerprint density at radius 3 is 2.58 bits per heavy atom. The smallest absolute Gasteiger partial charge is 0.259 e. The van der Waals surface area contributed by atoms with Gasteiger partial charge in [-0.05, 0) is 62.0 Å². The topological polar surface area (TPSA) is 73.7 Å². The maximum Gasteiger partial charge on any atom is 0.259 e. The maximum atomic E-state index is 11.9. The van der Waals surface area contributed by atoms with Crippen molar-refractivity contribution in [3.63, 3.8) is 0 Å². The number of allylic oxidation sites excluding steroid dienone is 1. The molecule has 0 aromatic heterocycles. The lowest BCUT2D eigenvalue weighted by molar-refractivity contribution is -0.119. The Hall–Kier alpha value is -1.64. The number of nitrogens with zero attached hydrogens (tertiary/aromatic N) is 1. The van der Waals surface area contributed by atoms with E-state index >= 15 is 0 Å². The van der Waals surface area contributed by atoms with Crippen molar-refractivity contribution in [2.75, 3.05) is 11.9 Å². The van der Waals surface area contributed by atoms with Crippen molar-refractivity contribution in [1.82, 2.24) is 5.43 Å². The summed E-state index contributed by atoms with van der Waals surface area (Å²) >= 11 is 10.3. The van der Waals surface area contributed by atoms with E-state index in [0.717, 1.165) is 24.7 Å². The monoisotopic (exact) mass is 543 g/mol. The Kier molecular flexibility index (Phi) is 7.86. The molecule has 0 aliphatic carbocycles. The van der Waals surface area contributed by atoms with Crippen LogP contribution in [0.3, 0.4) is 0 Å². The van der Waals surface area contributed by atoms with Crippen LogP contribution in [0, 0.1) is 0 Å². The van der Waals surface area contributed by atoms with E-state index in [-0.39, 0.29) is 18.2 Å². The van der Waals surface area contributed by atoms with Gasteiger partial charge in [-0.25, -0.2) is 5.43 Å². The zero-order valence-electron chi connectivity index (χ0n) is 13.6. The fourth-order valence-electron chi connectivity index (χ4n) is 2.13. The number of amides is 1. The molecule has 0 radical (unpaired) electrons. The number of carbonyl (C=O) groups is 1. The van der Waals surface area contributed by atoms with Crippen LogP contribution in [0.25, 0.3) is 0 Å². The molecule has 0 saturated carbocycles. The zero-order valence-corrected chi connectivity index (χ0v) is 18.4. The number of phenols is 1. The number of anilines is 1. The van der Waals surface area contributed by atoms with Crippen molar-refractivity contribution in [3.05, 3.63) is 67.5 Å². The van der Waals surface area contributed by atoms with E-state index in [0.29, 0.717) is 12.0 Å². The zero-order chi connectivity index (χ0) is 19.1. The predicted molar refractivity (Wildman–Crippen MR) is 116 cm³/mol. The van der Waals surface area contributed by atoms with E-state index in [1.807, 2.05) is 24.3 Å². The molecule has 0 atom stereocenters. The lowest BCUT2D eigenvalue weighted by atomic mass is 10.1. The molecule has 1 amide bonds. The van der Waals surface area contributed by atoms with Crippen LogP contribution in [-0.2, 0) is 11.2 Å². The molecule has 2 rings (SSSR count). The Bertz CT molecular complexity index is 831. The summed E-state index contributed by atoms with van der Waals surface area (Å²) in [5.41, 5.74) is 4.47. The van der Waals surface area contributed by atoms with Crippen LogP contribution < -0.4 is 10.7 Å². The Balaban J connectivity index is 1.94. The van der Waals surface area contributed by atoms with Gasteiger partial charge in [0.2, 0.25) is 0 Å². The summed E-state index contributed by atoms with van der Waals surface area (Å²) in [5, 5.41) is 17.1. The van der Waals surface area contributed by atoms with E-state index in [1.165, 1.54) is 6.21 Å². The molecule has 0 aliphatic rings. The largest absolute Gasteiger partial charge is 0.507 e. The summed E-state index contributed by atoms with van der Waals surface area (Å²) in [7, 11) is 0. The Labute approximate surface area is 177 Å². The number of benzene rings is 2. The van der Waals surface area contributed by atoms with Gasteiger partial charge in [0.15, 0.2) is 0 Å². The van der Waals surface area contributed by atoms with Crippen molar-refractivity contribution in [1.29, 1.82) is 0 Å². The molecule has 26 heavy (non-hydrogen) atoms. The van der Waals surface area contributed by atoms with E-state index in [1.54, 1.807) is 12.1 Å². The molecular weight excluding hydrogens is 530 g/mol. The summed E-state index contributed by atoms with van der Waals surface area (Å²) in [6.45, 7) is 3.70. The second kappa shape index (κ2) is 9.89. The number of carbonyl (C=O) groups excluding carboxylic acids is 1. The molecule has 0 aliphatic heterocycles. The van der Waals surface area contributed by atoms with E-state index in [9.17, 15) is 9.90 Å². The van der Waals surface area contributed by atoms with E-state index in [4.69, 9.17) is 0 Å². The minimum absolute atomic E-state index is 0.0403. The number of halogens is 3. The van der Waals surface area contributed by atoms with Crippen molar-refractivity contribution in [3.8, 4) is 5.75 Å². The minimum atomic E-state index is -0.315. The highest BCUT2D eigenvalue weighted by atomic mass is 79.9. The molecule has 0 bridgehead atoms. The second-order valence-corrected chi connectivity index (χ2v) is 7.86. The van der Waals surface area contributed by atoms with E-state index in [2.05, 4.69) is 70.2 Å². The summed E-state index contributed by atoms with van der Waals surface area (Å²) < 4.78 is 2.55. The number of phenolic OH excluding ortho intramolecular Hbond substituents is 1. The average molecular weight is 546 g/mol. The standard InChI is InChI=1S/C18H16Br3N3O2/c1-2-4-11-5-3-6-12(18(11)26)9-23-24-16(25)10-22-17-14(20)7-13(19)8-15(17)21/h2-3,5-9,22,26H,1,4,10H2,(H,24,25). The molecule has 3 N–H and O–H groups in total. The van der Waals surface area contributed by atoms with Crippen LogP contribution in [0.15, 0.2) is 61.5 Å². The molecule has 0 heterocycles. The Morgan fingerprint density at radius 2 is 1.92 bits per heavy atom. The highest BCUT2D eigenvalue weighted by Gasteiger charge is 2.08. The number of aromatic hydroxyl groups is 1. The Morgan fingerprint density at radius 1 is 1.23 bits per heavy atom. The van der Waals surface area contributed by atoms with Gasteiger partial charge in [0.05, 0.1) is 18.4 Å². The molecule has 0 spiro atoms. The number of hydrogen-bond acceptors (Lipinski definition) is 4. The third-order valence-corrected chi connectivity index (χ3v) is 5.05. The van der Waals surface area contributed by atoms with Gasteiger partial charge >= 0.3 is 0 Å². The van der Waals surface area contributed by atoms with Crippen molar-refractivity contribution < 1.29 is 9.90 Å². The van der Waals surface area contributed by atoms with Crippen molar-refractivity contribution in [2.24, 2.45) is 5.10 Å². The van der Waals surface area contributed by atoms with Gasteiger partial charge in [-0.1, -0.05) is 34.1 Å². The van der Waals surface area contributed by atoms with Crippen LogP contribution in [0.1, 0.15) is 11.1 Å². The number of rotatable bonds is 7. The van der Waals surface area contributed by atoms with Crippen LogP contribution in [0.2, 0.25) is 0 Å². The molecule has 5 nitrogen and oxygen atoms in total. The SMILES string of the molecule is C=CCc1cccc(C=NNC(=O)CNc2c(Br)cc(Br)cc2Br)c1O. The lowest BCUT2D eigenvalue weighted by Gasteiger charge is -2.10. The van der Waals surface area contributed by atoms with Crippen LogP contribution in [-0.4, -0.2) is 23.8 Å². The molecule has 0 unspecified atom stereocenters. The lowest BCUT2D eigenvalue weighted by Crippen LogP contribution is -2.26. The molecule has 2 aromatic rings. The third-order valence-electron chi connectivity index (χ3n) is 3.34. The number of hydrogen-bond donors (Lipinski definition) is 3. The number of nitrogens with one attached hydrogen (secondary N) is 2. The predicted octanol–water partition coefficient (Wildman–Crippen LogP) is 4.97. The summed E-state index contributed by atoms with van der Waals surface area (Å²) in [4.78, 5) is 11.9. The third kappa shape index (κ3) is 5.69. The summed E-state index contributed by atoms with van der Waals surface area (Å²) in [6.07, 6.45) is 3.67. The van der Waals surface area contributed by atoms with Gasteiger partial charge in [0.1, 0.15) is 5.75 Å². The second-order valence-electron chi connectivity index (χ2n) is 5.24. The van der Waals surface area contributed by atoms with Crippen LogP contribution in [0.4, 0.5) is 5.69 Å². The molecular formula is C18H16Br3N3O2. The van der Waals surface area contributed by atoms with Gasteiger partial charge in [0, 0.05) is 19.0 Å². The highest BCUT2D eigenvalue weighted by molar-refractivity contribution is 9.11. The minimum Gasteiger partial charge on any atom is -0.507 e. The average Bonchev–Trinajstić information content (AvgIpc) is 2.57. The first-order valence-electron chi connectivity index (χ1n) is 7.54. The van der Waals surface area contributed by atoms with Gasteiger partial charge < -0.3 is 10.4 Å². The first-order valence-corrected chi connectivity index (χ1v) is 9.92. The summed E-state index contributed by atoms with van der Waals surface area (Å²) in [5.74, 6) is -0.184. The van der Waals surface area contributed by atoms with Gasteiger partial charge in [-0.2, -0.15) is 5.10 Å². The first kappa shape index (κ1) is 20.7. The molecule has 8 heteroatoms. The normalized spacial score (nSPS) is 10.7. The van der Waals surface area contributed by atoms with Gasteiger partial charge in [0.25, 0.3) is 5.91 Å². The highest BCUT2D eigenvalue weighted by Crippen LogP contribution is 2.34. The van der Waals surface area contributed by atoms with Gasteiger partial charge in [-0.3, -0.25) is 4.79 Å². The molecule has 136 valence electrons. The fraction of sp³-hybridized carbons (Fsp3) is 0.111. The fourth-order valence-corrected chi connectivity index (χ4v) is 4.67. The van der Waals surface area contributed by atoms with Gasteiger partial charge in [-0.15, -0.1) is 6.58 Å². The number of hydrazone groups is 1.